The zero-order valence-corrected chi connectivity index (χ0v) is 17.6. The molecule has 5 rings (SSSR count). The van der Waals surface area contributed by atoms with Crippen molar-refractivity contribution in [3.8, 4) is 0 Å². The second kappa shape index (κ2) is 5.98. The fourth-order valence-electron chi connectivity index (χ4n) is 9.39. The molecule has 0 aliphatic heterocycles. The summed E-state index contributed by atoms with van der Waals surface area (Å²) in [6, 6.07) is 0. The first-order chi connectivity index (χ1) is 12.4. The molecule has 0 radical (unpaired) electrons. The molecule has 0 bridgehead atoms. The van der Waals surface area contributed by atoms with Crippen molar-refractivity contribution in [3.63, 3.8) is 0 Å². The highest BCUT2D eigenvalue weighted by molar-refractivity contribution is 5.12. The molecule has 0 aromatic carbocycles. The van der Waals surface area contributed by atoms with Crippen molar-refractivity contribution in [2.45, 2.75) is 110 Å². The molecular formula is C25H42O. The standard InChI is InChI=1S/C25H42O/c1-23-13-10-18(17-6-4-5-7-17)16-19(23)8-9-20-21(23)11-14-24(2)22(20)12-15-25(24,3)26/h17-22,26H,4-16H2,1-3H3/t18-,19+,20+,21-,22-,23-,24-,25+/m0/s1. The lowest BCUT2D eigenvalue weighted by atomic mass is 9.43. The van der Waals surface area contributed by atoms with Crippen molar-refractivity contribution in [2.24, 2.45) is 46.3 Å². The average molecular weight is 359 g/mol. The van der Waals surface area contributed by atoms with Crippen LogP contribution in [0, 0.1) is 46.3 Å². The molecule has 1 nitrogen and oxygen atoms in total. The van der Waals surface area contributed by atoms with Gasteiger partial charge >= 0.3 is 0 Å². The first kappa shape index (κ1) is 18.0. The van der Waals surface area contributed by atoms with Crippen molar-refractivity contribution in [1.29, 1.82) is 0 Å². The van der Waals surface area contributed by atoms with Gasteiger partial charge in [-0.25, -0.2) is 0 Å². The Bertz CT molecular complexity index is 546. The maximum Gasteiger partial charge on any atom is 0.0675 e. The summed E-state index contributed by atoms with van der Waals surface area (Å²) in [5, 5.41) is 11.1. The molecule has 0 unspecified atom stereocenters. The van der Waals surface area contributed by atoms with E-state index in [-0.39, 0.29) is 5.41 Å². The third-order valence-corrected chi connectivity index (χ3v) is 11.3. The lowest BCUT2D eigenvalue weighted by molar-refractivity contribution is -0.151. The van der Waals surface area contributed by atoms with Crippen LogP contribution in [-0.2, 0) is 0 Å². The highest BCUT2D eigenvalue weighted by Crippen LogP contribution is 2.68. The van der Waals surface area contributed by atoms with Crippen LogP contribution in [0.3, 0.4) is 0 Å². The SMILES string of the molecule is C[C@]12CC[C@H](C3CCCC3)C[C@H]1CC[C@@H]1[C@@H]2CC[C@@]2(C)[C@H]1CC[C@@]2(C)O. The van der Waals surface area contributed by atoms with Crippen LogP contribution in [0.25, 0.3) is 0 Å². The molecule has 0 aromatic rings. The van der Waals surface area contributed by atoms with Crippen LogP contribution >= 0.6 is 0 Å². The monoisotopic (exact) mass is 358 g/mol. The molecule has 0 aromatic heterocycles. The van der Waals surface area contributed by atoms with Crippen molar-refractivity contribution in [2.75, 3.05) is 0 Å². The van der Waals surface area contributed by atoms with Gasteiger partial charge in [0.1, 0.15) is 0 Å². The van der Waals surface area contributed by atoms with E-state index in [0.717, 1.165) is 41.9 Å². The number of hydrogen-bond acceptors (Lipinski definition) is 1. The van der Waals surface area contributed by atoms with Crippen LogP contribution in [-0.4, -0.2) is 10.7 Å². The van der Waals surface area contributed by atoms with Gasteiger partial charge in [-0.2, -0.15) is 0 Å². The fourth-order valence-corrected chi connectivity index (χ4v) is 9.39. The van der Waals surface area contributed by atoms with Gasteiger partial charge in [0.25, 0.3) is 0 Å². The summed E-state index contributed by atoms with van der Waals surface area (Å²) < 4.78 is 0. The molecule has 1 heteroatoms. The fraction of sp³-hybridized carbons (Fsp3) is 1.00. The Morgan fingerprint density at radius 3 is 2.19 bits per heavy atom. The van der Waals surface area contributed by atoms with E-state index >= 15 is 0 Å². The van der Waals surface area contributed by atoms with Crippen LogP contribution in [0.15, 0.2) is 0 Å². The van der Waals surface area contributed by atoms with E-state index in [2.05, 4.69) is 20.8 Å². The van der Waals surface area contributed by atoms with Gasteiger partial charge in [0.2, 0.25) is 0 Å². The van der Waals surface area contributed by atoms with Gasteiger partial charge in [-0.3, -0.25) is 0 Å². The molecule has 5 fully saturated rings. The minimum absolute atomic E-state index is 0.193. The van der Waals surface area contributed by atoms with Crippen LogP contribution < -0.4 is 0 Å². The molecule has 0 saturated heterocycles. The van der Waals surface area contributed by atoms with E-state index in [1.54, 1.807) is 6.42 Å². The molecule has 148 valence electrons. The second-order valence-electron chi connectivity index (χ2n) is 12.0. The first-order valence-corrected chi connectivity index (χ1v) is 12.1. The van der Waals surface area contributed by atoms with E-state index in [4.69, 9.17) is 0 Å². The minimum Gasteiger partial charge on any atom is -0.390 e. The first-order valence-electron chi connectivity index (χ1n) is 12.1. The Morgan fingerprint density at radius 1 is 0.692 bits per heavy atom. The number of hydrogen-bond donors (Lipinski definition) is 1. The second-order valence-corrected chi connectivity index (χ2v) is 12.0. The van der Waals surface area contributed by atoms with Crippen molar-refractivity contribution >= 4 is 0 Å². The van der Waals surface area contributed by atoms with E-state index < -0.39 is 5.60 Å². The maximum absolute atomic E-state index is 11.1. The summed E-state index contributed by atoms with van der Waals surface area (Å²) >= 11 is 0. The van der Waals surface area contributed by atoms with E-state index in [9.17, 15) is 5.11 Å². The Morgan fingerprint density at radius 2 is 1.42 bits per heavy atom. The largest absolute Gasteiger partial charge is 0.390 e. The lowest BCUT2D eigenvalue weighted by Gasteiger charge is -2.62. The topological polar surface area (TPSA) is 20.2 Å². The van der Waals surface area contributed by atoms with Crippen molar-refractivity contribution in [3.05, 3.63) is 0 Å². The third-order valence-electron chi connectivity index (χ3n) is 11.3. The zero-order valence-electron chi connectivity index (χ0n) is 17.6. The van der Waals surface area contributed by atoms with Gasteiger partial charge in [-0.05, 0) is 111 Å². The summed E-state index contributed by atoms with van der Waals surface area (Å²) in [5.41, 5.74) is 0.396. The van der Waals surface area contributed by atoms with Gasteiger partial charge in [-0.1, -0.05) is 39.5 Å². The normalized spacial score (nSPS) is 57.5. The number of rotatable bonds is 1. The van der Waals surface area contributed by atoms with Crippen LogP contribution in [0.5, 0.6) is 0 Å². The quantitative estimate of drug-likeness (QED) is 0.561. The van der Waals surface area contributed by atoms with Crippen LogP contribution in [0.1, 0.15) is 104 Å². The summed E-state index contributed by atoms with van der Waals surface area (Å²) in [4.78, 5) is 0. The maximum atomic E-state index is 11.1. The zero-order chi connectivity index (χ0) is 18.2. The van der Waals surface area contributed by atoms with Crippen LogP contribution in [0.2, 0.25) is 0 Å². The summed E-state index contributed by atoms with van der Waals surface area (Å²) in [5.74, 6) is 5.81. The molecule has 5 saturated carbocycles. The Labute approximate surface area is 161 Å². The number of aliphatic hydroxyl groups is 1. The van der Waals surface area contributed by atoms with E-state index in [1.807, 2.05) is 0 Å². The van der Waals surface area contributed by atoms with E-state index in [0.29, 0.717) is 5.41 Å². The molecule has 8 atom stereocenters. The van der Waals surface area contributed by atoms with Gasteiger partial charge in [0.05, 0.1) is 5.60 Å². The van der Waals surface area contributed by atoms with Gasteiger partial charge in [0, 0.05) is 0 Å². The van der Waals surface area contributed by atoms with E-state index in [1.165, 1.54) is 70.6 Å². The molecular weight excluding hydrogens is 316 g/mol. The molecule has 1 N–H and O–H groups in total. The highest BCUT2D eigenvalue weighted by atomic mass is 16.3. The molecule has 0 heterocycles. The third kappa shape index (κ3) is 2.37. The smallest absolute Gasteiger partial charge is 0.0675 e. The van der Waals surface area contributed by atoms with Gasteiger partial charge in [-0.15, -0.1) is 0 Å². The highest BCUT2D eigenvalue weighted by Gasteiger charge is 2.63. The molecule has 5 aliphatic rings. The van der Waals surface area contributed by atoms with Gasteiger partial charge < -0.3 is 5.11 Å². The van der Waals surface area contributed by atoms with Crippen molar-refractivity contribution in [1.82, 2.24) is 0 Å². The predicted octanol–water partition coefficient (Wildman–Crippen LogP) is 6.59. The molecule has 5 aliphatic carbocycles. The molecule has 0 spiro atoms. The average Bonchev–Trinajstić information content (AvgIpc) is 3.21. The summed E-state index contributed by atoms with van der Waals surface area (Å²) in [6.45, 7) is 7.29. The summed E-state index contributed by atoms with van der Waals surface area (Å²) in [7, 11) is 0. The molecule has 26 heavy (non-hydrogen) atoms. The van der Waals surface area contributed by atoms with Crippen molar-refractivity contribution < 1.29 is 5.11 Å². The lowest BCUT2D eigenvalue weighted by Crippen LogP contribution is -2.56. The number of fused-ring (bicyclic) bond motifs is 5. The Hall–Kier alpha value is -0.0400. The van der Waals surface area contributed by atoms with Gasteiger partial charge in [0.15, 0.2) is 0 Å². The Balaban J connectivity index is 1.36. The molecule has 0 amide bonds. The Kier molecular flexibility index (Phi) is 4.14. The predicted molar refractivity (Wildman–Crippen MR) is 108 cm³/mol. The van der Waals surface area contributed by atoms with Crippen LogP contribution in [0.4, 0.5) is 0 Å². The minimum atomic E-state index is -0.416. The summed E-state index contributed by atoms with van der Waals surface area (Å²) in [6.07, 6.45) is 18.7.